The zero-order valence-corrected chi connectivity index (χ0v) is 37.9. The Bertz CT molecular complexity index is 2660. The number of ether oxygens (including phenoxy) is 2. The standard InChI is InChI=1S/C49H56ClN7O5S/c1-34-31-39(16-18-44(34)52-37-20-23-55(4)24-21-37)63(59,60)53-49(58)42-17-15-38(32-48(42)62-47-10-6-8-45-41(47)19-22-51-45)57-27-25-56(26-28-57)33-43-40(35-11-13-36(50)14-12-35)7-5-9-46(43)61-30-29-54(2)3/h5-19,22,31-32,37,51-52H,20-21,23-30,33H2,1-4H3,(H,53,58). The molecule has 0 aliphatic carbocycles. The summed E-state index contributed by atoms with van der Waals surface area (Å²) in [6, 6.07) is 32.3. The van der Waals surface area contributed by atoms with Crippen molar-refractivity contribution >= 4 is 49.8 Å². The summed E-state index contributed by atoms with van der Waals surface area (Å²) in [6.45, 7) is 8.95. The molecule has 330 valence electrons. The second kappa shape index (κ2) is 19.4. The minimum atomic E-state index is -4.23. The molecule has 2 fully saturated rings. The van der Waals surface area contributed by atoms with Crippen LogP contribution in [0.4, 0.5) is 11.4 Å². The summed E-state index contributed by atoms with van der Waals surface area (Å²) in [5, 5.41) is 5.11. The summed E-state index contributed by atoms with van der Waals surface area (Å²) in [7, 11) is 1.96. The van der Waals surface area contributed by atoms with E-state index < -0.39 is 15.9 Å². The van der Waals surface area contributed by atoms with Gasteiger partial charge in [0.25, 0.3) is 15.9 Å². The number of aromatic nitrogens is 1. The van der Waals surface area contributed by atoms with Gasteiger partial charge in [-0.1, -0.05) is 41.9 Å². The molecule has 1 aromatic heterocycles. The molecule has 14 heteroatoms. The Hall–Kier alpha value is -5.57. The van der Waals surface area contributed by atoms with Crippen molar-refractivity contribution in [2.75, 3.05) is 83.8 Å². The van der Waals surface area contributed by atoms with Gasteiger partial charge >= 0.3 is 0 Å². The predicted octanol–water partition coefficient (Wildman–Crippen LogP) is 8.48. The zero-order chi connectivity index (χ0) is 44.1. The third-order valence-electron chi connectivity index (χ3n) is 12.0. The van der Waals surface area contributed by atoms with Crippen LogP contribution in [0.1, 0.15) is 34.3 Å². The van der Waals surface area contributed by atoms with Gasteiger partial charge in [-0.3, -0.25) is 9.69 Å². The van der Waals surface area contributed by atoms with Crippen LogP contribution in [0.3, 0.4) is 0 Å². The van der Waals surface area contributed by atoms with Gasteiger partial charge in [0.15, 0.2) is 0 Å². The number of fused-ring (bicyclic) bond motifs is 1. The molecule has 1 amide bonds. The lowest BCUT2D eigenvalue weighted by Crippen LogP contribution is -2.46. The van der Waals surface area contributed by atoms with Gasteiger partial charge in [-0.15, -0.1) is 0 Å². The number of nitrogens with zero attached hydrogens (tertiary/aromatic N) is 4. The SMILES string of the molecule is Cc1cc(S(=O)(=O)NC(=O)c2ccc(N3CCN(Cc4c(OCCN(C)C)cccc4-c4ccc(Cl)cc4)CC3)cc2Oc2cccc3[nH]ccc23)ccc1NC1CCN(C)CC1. The number of anilines is 2. The number of likely N-dealkylation sites (N-methyl/N-ethyl adjacent to an activating group) is 1. The first-order chi connectivity index (χ1) is 30.4. The molecule has 3 heterocycles. The Balaban J connectivity index is 1.01. The number of halogens is 1. The number of hydrogen-bond donors (Lipinski definition) is 3. The average Bonchev–Trinajstić information content (AvgIpc) is 3.76. The minimum Gasteiger partial charge on any atom is -0.492 e. The van der Waals surface area contributed by atoms with Crippen LogP contribution >= 0.6 is 11.6 Å². The van der Waals surface area contributed by atoms with Crippen LogP contribution in [0.2, 0.25) is 5.02 Å². The van der Waals surface area contributed by atoms with E-state index in [0.29, 0.717) is 43.1 Å². The molecule has 63 heavy (non-hydrogen) atoms. The fourth-order valence-electron chi connectivity index (χ4n) is 8.31. The molecule has 2 aliphatic heterocycles. The molecule has 12 nitrogen and oxygen atoms in total. The number of likely N-dealkylation sites (tertiary alicyclic amines) is 1. The predicted molar refractivity (Wildman–Crippen MR) is 253 cm³/mol. The Kier molecular flexibility index (Phi) is 13.6. The number of carbonyl (C=O) groups excluding carboxylic acids is 1. The Morgan fingerprint density at radius 1 is 0.857 bits per heavy atom. The van der Waals surface area contributed by atoms with Gasteiger partial charge in [0, 0.05) is 90.4 Å². The zero-order valence-electron chi connectivity index (χ0n) is 36.4. The number of piperidine rings is 1. The third-order valence-corrected chi connectivity index (χ3v) is 13.6. The molecule has 0 bridgehead atoms. The largest absolute Gasteiger partial charge is 0.492 e. The highest BCUT2D eigenvalue weighted by Gasteiger charge is 2.26. The topological polar surface area (TPSA) is 122 Å². The van der Waals surface area contributed by atoms with Crippen LogP contribution < -0.4 is 24.4 Å². The fraction of sp³-hybridized carbons (Fsp3) is 0.327. The highest BCUT2D eigenvalue weighted by Crippen LogP contribution is 2.36. The van der Waals surface area contributed by atoms with Crippen molar-refractivity contribution in [1.82, 2.24) is 24.4 Å². The normalized spacial score (nSPS) is 15.5. The van der Waals surface area contributed by atoms with E-state index in [1.807, 2.05) is 100 Å². The van der Waals surface area contributed by atoms with E-state index in [2.05, 4.69) is 47.7 Å². The van der Waals surface area contributed by atoms with Crippen molar-refractivity contribution in [3.63, 3.8) is 0 Å². The average molecular weight is 891 g/mol. The number of aryl methyl sites for hydroxylation is 1. The first-order valence-corrected chi connectivity index (χ1v) is 23.4. The molecule has 0 saturated carbocycles. The first kappa shape index (κ1) is 44.1. The Labute approximate surface area is 375 Å². The summed E-state index contributed by atoms with van der Waals surface area (Å²) in [5.41, 5.74) is 6.83. The second-order valence-corrected chi connectivity index (χ2v) is 18.9. The molecular weight excluding hydrogens is 834 g/mol. The van der Waals surface area contributed by atoms with Crippen LogP contribution in [0.25, 0.3) is 22.0 Å². The molecule has 0 radical (unpaired) electrons. The molecule has 0 atom stereocenters. The van der Waals surface area contributed by atoms with Crippen LogP contribution in [0.15, 0.2) is 114 Å². The van der Waals surface area contributed by atoms with Crippen LogP contribution in [0.5, 0.6) is 17.2 Å². The molecule has 5 aromatic carbocycles. The number of aromatic amines is 1. The second-order valence-electron chi connectivity index (χ2n) is 16.8. The monoisotopic (exact) mass is 889 g/mol. The van der Waals surface area contributed by atoms with E-state index in [4.69, 9.17) is 21.1 Å². The summed E-state index contributed by atoms with van der Waals surface area (Å²) >= 11 is 6.27. The van der Waals surface area contributed by atoms with Crippen molar-refractivity contribution in [2.24, 2.45) is 0 Å². The lowest BCUT2D eigenvalue weighted by molar-refractivity contribution is 0.0979. The number of amides is 1. The highest BCUT2D eigenvalue weighted by atomic mass is 35.5. The van der Waals surface area contributed by atoms with E-state index in [0.717, 1.165) is 95.8 Å². The van der Waals surface area contributed by atoms with E-state index >= 15 is 0 Å². The summed E-state index contributed by atoms with van der Waals surface area (Å²) < 4.78 is 42.8. The Morgan fingerprint density at radius 3 is 2.35 bits per heavy atom. The van der Waals surface area contributed by atoms with Gasteiger partial charge in [0.1, 0.15) is 23.9 Å². The number of benzene rings is 5. The first-order valence-electron chi connectivity index (χ1n) is 21.5. The van der Waals surface area contributed by atoms with Crippen LogP contribution in [-0.2, 0) is 16.6 Å². The summed E-state index contributed by atoms with van der Waals surface area (Å²) in [4.78, 5) is 26.4. The van der Waals surface area contributed by atoms with Gasteiger partial charge in [0.2, 0.25) is 0 Å². The van der Waals surface area contributed by atoms with E-state index in [1.54, 1.807) is 24.3 Å². The number of H-pyrrole nitrogens is 1. The van der Waals surface area contributed by atoms with E-state index in [-0.39, 0.29) is 16.2 Å². The highest BCUT2D eigenvalue weighted by molar-refractivity contribution is 7.90. The van der Waals surface area contributed by atoms with Crippen molar-refractivity contribution in [3.05, 3.63) is 131 Å². The van der Waals surface area contributed by atoms with E-state index in [1.165, 1.54) is 0 Å². The number of sulfonamides is 1. The summed E-state index contributed by atoms with van der Waals surface area (Å²) in [5.74, 6) is 0.881. The van der Waals surface area contributed by atoms with Gasteiger partial charge < -0.3 is 34.5 Å². The minimum absolute atomic E-state index is 0.0133. The molecule has 0 unspecified atom stereocenters. The lowest BCUT2D eigenvalue weighted by atomic mass is 9.98. The molecule has 3 N–H and O–H groups in total. The van der Waals surface area contributed by atoms with Gasteiger partial charge in [-0.25, -0.2) is 13.1 Å². The lowest BCUT2D eigenvalue weighted by Gasteiger charge is -2.37. The number of piperazine rings is 1. The molecule has 2 aliphatic rings. The van der Waals surface area contributed by atoms with Gasteiger partial charge in [-0.2, -0.15) is 0 Å². The van der Waals surface area contributed by atoms with Gasteiger partial charge in [-0.05, 0) is 137 Å². The number of nitrogens with one attached hydrogen (secondary N) is 3. The maximum absolute atomic E-state index is 14.0. The molecule has 0 spiro atoms. The van der Waals surface area contributed by atoms with Crippen LogP contribution in [0, 0.1) is 6.92 Å². The fourth-order valence-corrected chi connectivity index (χ4v) is 9.48. The Morgan fingerprint density at radius 2 is 1.60 bits per heavy atom. The van der Waals surface area contributed by atoms with Crippen molar-refractivity contribution in [3.8, 4) is 28.4 Å². The maximum atomic E-state index is 14.0. The van der Waals surface area contributed by atoms with Crippen molar-refractivity contribution in [2.45, 2.75) is 37.2 Å². The third kappa shape index (κ3) is 10.6. The van der Waals surface area contributed by atoms with Crippen LogP contribution in [-0.4, -0.2) is 114 Å². The van der Waals surface area contributed by atoms with Crippen molar-refractivity contribution in [1.29, 1.82) is 0 Å². The van der Waals surface area contributed by atoms with Crippen molar-refractivity contribution < 1.29 is 22.7 Å². The quantitative estimate of drug-likeness (QED) is 0.0926. The van der Waals surface area contributed by atoms with Gasteiger partial charge in [0.05, 0.1) is 10.5 Å². The molecule has 8 rings (SSSR count). The van der Waals surface area contributed by atoms with E-state index in [9.17, 15) is 13.2 Å². The number of hydrogen-bond acceptors (Lipinski definition) is 10. The number of rotatable bonds is 15. The summed E-state index contributed by atoms with van der Waals surface area (Å²) in [6.07, 6.45) is 3.86. The molecular formula is C49H56ClN7O5S. The smallest absolute Gasteiger partial charge is 0.268 e. The molecule has 6 aromatic rings. The number of carbonyl (C=O) groups is 1. The maximum Gasteiger partial charge on any atom is 0.268 e. The molecule has 2 saturated heterocycles.